The SMILES string of the molecule is Cc1cc(/C=C2\SC(=O)N(CC(=O)Nc3ccc(Br)cc3)C2=O)c(C)n1-c1ccccn1. The van der Waals surface area contributed by atoms with E-state index in [1.165, 1.54) is 0 Å². The number of pyridine rings is 1. The van der Waals surface area contributed by atoms with Gasteiger partial charge in [-0.1, -0.05) is 22.0 Å². The number of imide groups is 1. The second-order valence-corrected chi connectivity index (χ2v) is 9.08. The van der Waals surface area contributed by atoms with Crippen LogP contribution < -0.4 is 5.32 Å². The molecule has 7 nitrogen and oxygen atoms in total. The number of anilines is 1. The molecular formula is C23H19BrN4O3S. The average molecular weight is 511 g/mol. The number of aryl methyl sites for hydroxylation is 1. The first-order valence-corrected chi connectivity index (χ1v) is 11.4. The van der Waals surface area contributed by atoms with Crippen LogP contribution in [0.2, 0.25) is 0 Å². The molecule has 1 saturated heterocycles. The van der Waals surface area contributed by atoms with E-state index in [2.05, 4.69) is 26.2 Å². The molecule has 0 saturated carbocycles. The van der Waals surface area contributed by atoms with Gasteiger partial charge in [-0.05, 0) is 79.7 Å². The molecule has 9 heteroatoms. The van der Waals surface area contributed by atoms with Gasteiger partial charge in [-0.3, -0.25) is 19.3 Å². The Hall–Kier alpha value is -3.17. The smallest absolute Gasteiger partial charge is 0.294 e. The summed E-state index contributed by atoms with van der Waals surface area (Å²) in [7, 11) is 0. The lowest BCUT2D eigenvalue weighted by Crippen LogP contribution is -2.36. The Bertz CT molecular complexity index is 1240. The minimum absolute atomic E-state index is 0.285. The van der Waals surface area contributed by atoms with E-state index < -0.39 is 17.1 Å². The molecule has 0 atom stereocenters. The number of halogens is 1. The van der Waals surface area contributed by atoms with E-state index in [0.717, 1.165) is 43.9 Å². The van der Waals surface area contributed by atoms with Crippen molar-refractivity contribution in [2.45, 2.75) is 13.8 Å². The van der Waals surface area contributed by atoms with Crippen LogP contribution in [0.5, 0.6) is 0 Å². The number of carbonyl (C=O) groups is 3. The Morgan fingerprint density at radius 2 is 1.91 bits per heavy atom. The third kappa shape index (κ3) is 4.53. The largest absolute Gasteiger partial charge is 0.325 e. The molecule has 0 spiro atoms. The van der Waals surface area contributed by atoms with Gasteiger partial charge in [0.25, 0.3) is 11.1 Å². The van der Waals surface area contributed by atoms with Gasteiger partial charge in [0.2, 0.25) is 5.91 Å². The van der Waals surface area contributed by atoms with Crippen LogP contribution in [-0.2, 0) is 9.59 Å². The molecule has 0 radical (unpaired) electrons. The molecule has 3 amide bonds. The van der Waals surface area contributed by atoms with E-state index in [4.69, 9.17) is 0 Å². The van der Waals surface area contributed by atoms with Crippen molar-refractivity contribution < 1.29 is 14.4 Å². The maximum absolute atomic E-state index is 12.8. The molecule has 0 bridgehead atoms. The van der Waals surface area contributed by atoms with E-state index >= 15 is 0 Å². The first-order chi connectivity index (χ1) is 15.3. The summed E-state index contributed by atoms with van der Waals surface area (Å²) in [5.41, 5.74) is 3.27. The van der Waals surface area contributed by atoms with Crippen molar-refractivity contribution in [3.63, 3.8) is 0 Å². The van der Waals surface area contributed by atoms with Crippen molar-refractivity contribution in [1.29, 1.82) is 0 Å². The van der Waals surface area contributed by atoms with Crippen LogP contribution in [0.15, 0.2) is 64.1 Å². The fourth-order valence-corrected chi connectivity index (χ4v) is 4.52. The number of thioether (sulfide) groups is 1. The molecule has 0 unspecified atom stereocenters. The van der Waals surface area contributed by atoms with Crippen LogP contribution in [-0.4, -0.2) is 38.0 Å². The number of amides is 3. The second kappa shape index (κ2) is 9.13. The molecule has 1 aliphatic heterocycles. The zero-order valence-corrected chi connectivity index (χ0v) is 19.7. The molecule has 2 aromatic heterocycles. The lowest BCUT2D eigenvalue weighted by Gasteiger charge is -2.12. The van der Waals surface area contributed by atoms with Crippen LogP contribution in [0, 0.1) is 13.8 Å². The van der Waals surface area contributed by atoms with Gasteiger partial charge in [-0.15, -0.1) is 0 Å². The Morgan fingerprint density at radius 1 is 1.16 bits per heavy atom. The molecule has 1 N–H and O–H groups in total. The zero-order valence-electron chi connectivity index (χ0n) is 17.3. The Labute approximate surface area is 197 Å². The predicted octanol–water partition coefficient (Wildman–Crippen LogP) is 4.93. The first kappa shape index (κ1) is 22.0. The number of hydrogen-bond donors (Lipinski definition) is 1. The van der Waals surface area contributed by atoms with Crippen molar-refractivity contribution in [3.8, 4) is 5.82 Å². The topological polar surface area (TPSA) is 84.3 Å². The number of aromatic nitrogens is 2. The molecule has 32 heavy (non-hydrogen) atoms. The van der Waals surface area contributed by atoms with Crippen LogP contribution >= 0.6 is 27.7 Å². The number of nitrogens with zero attached hydrogens (tertiary/aromatic N) is 3. The number of nitrogens with one attached hydrogen (secondary N) is 1. The summed E-state index contributed by atoms with van der Waals surface area (Å²) in [4.78, 5) is 43.3. The summed E-state index contributed by atoms with van der Waals surface area (Å²) in [6.07, 6.45) is 3.41. The van der Waals surface area contributed by atoms with E-state index in [1.807, 2.05) is 42.7 Å². The zero-order chi connectivity index (χ0) is 22.8. The van der Waals surface area contributed by atoms with Gasteiger partial charge in [-0.25, -0.2) is 4.98 Å². The van der Waals surface area contributed by atoms with E-state index in [0.29, 0.717) is 5.69 Å². The lowest BCUT2D eigenvalue weighted by atomic mass is 10.2. The number of benzene rings is 1. The molecule has 1 fully saturated rings. The van der Waals surface area contributed by atoms with Crippen molar-refractivity contribution >= 4 is 56.5 Å². The van der Waals surface area contributed by atoms with Gasteiger partial charge in [0, 0.05) is 27.7 Å². The molecule has 3 heterocycles. The van der Waals surface area contributed by atoms with Gasteiger partial charge in [0.15, 0.2) is 0 Å². The van der Waals surface area contributed by atoms with Crippen LogP contribution in [0.1, 0.15) is 17.0 Å². The van der Waals surface area contributed by atoms with Gasteiger partial charge in [0.05, 0.1) is 4.91 Å². The minimum atomic E-state index is -0.478. The average Bonchev–Trinajstić information content (AvgIpc) is 3.19. The van der Waals surface area contributed by atoms with Gasteiger partial charge in [0.1, 0.15) is 12.4 Å². The van der Waals surface area contributed by atoms with Gasteiger partial charge < -0.3 is 9.88 Å². The molecular weight excluding hydrogens is 492 g/mol. The molecule has 4 rings (SSSR count). The maximum atomic E-state index is 12.8. The Kier molecular flexibility index (Phi) is 6.29. The van der Waals surface area contributed by atoms with Gasteiger partial charge >= 0.3 is 0 Å². The fraction of sp³-hybridized carbons (Fsp3) is 0.130. The van der Waals surface area contributed by atoms with Crippen LogP contribution in [0.4, 0.5) is 10.5 Å². The van der Waals surface area contributed by atoms with E-state index in [-0.39, 0.29) is 11.4 Å². The molecule has 162 valence electrons. The molecule has 0 aliphatic carbocycles. The van der Waals surface area contributed by atoms with Gasteiger partial charge in [-0.2, -0.15) is 0 Å². The summed E-state index contributed by atoms with van der Waals surface area (Å²) in [6, 6.07) is 14.6. The summed E-state index contributed by atoms with van der Waals surface area (Å²) in [5, 5.41) is 2.23. The third-order valence-corrected chi connectivity index (χ3v) is 6.37. The number of hydrogen-bond acceptors (Lipinski definition) is 5. The summed E-state index contributed by atoms with van der Waals surface area (Å²) >= 11 is 4.17. The quantitative estimate of drug-likeness (QED) is 0.492. The van der Waals surface area contributed by atoms with Crippen molar-refractivity contribution in [1.82, 2.24) is 14.5 Å². The maximum Gasteiger partial charge on any atom is 0.294 e. The monoisotopic (exact) mass is 510 g/mol. The highest BCUT2D eigenvalue weighted by Crippen LogP contribution is 2.33. The standard InChI is InChI=1S/C23H19BrN4O3S/c1-14-11-16(15(2)28(14)20-5-3-4-10-25-20)12-19-22(30)27(23(31)32-19)13-21(29)26-18-8-6-17(24)7-9-18/h3-12H,13H2,1-2H3,(H,26,29)/b19-12-. The highest BCUT2D eigenvalue weighted by molar-refractivity contribution is 9.10. The Morgan fingerprint density at radius 3 is 2.59 bits per heavy atom. The predicted molar refractivity (Wildman–Crippen MR) is 128 cm³/mol. The van der Waals surface area contributed by atoms with Crippen molar-refractivity contribution in [2.24, 2.45) is 0 Å². The first-order valence-electron chi connectivity index (χ1n) is 9.74. The second-order valence-electron chi connectivity index (χ2n) is 7.17. The van der Waals surface area contributed by atoms with Crippen molar-refractivity contribution in [3.05, 3.63) is 81.1 Å². The van der Waals surface area contributed by atoms with E-state index in [1.54, 1.807) is 36.5 Å². The molecule has 1 aliphatic rings. The third-order valence-electron chi connectivity index (χ3n) is 4.94. The number of rotatable bonds is 5. The highest BCUT2D eigenvalue weighted by atomic mass is 79.9. The molecule has 1 aromatic carbocycles. The van der Waals surface area contributed by atoms with Crippen LogP contribution in [0.25, 0.3) is 11.9 Å². The highest BCUT2D eigenvalue weighted by Gasteiger charge is 2.36. The lowest BCUT2D eigenvalue weighted by molar-refractivity contribution is -0.127. The Balaban J connectivity index is 1.51. The minimum Gasteiger partial charge on any atom is -0.325 e. The molecule has 3 aromatic rings. The van der Waals surface area contributed by atoms with Crippen molar-refractivity contribution in [2.75, 3.05) is 11.9 Å². The summed E-state index contributed by atoms with van der Waals surface area (Å²) in [5.74, 6) is -0.141. The van der Waals surface area contributed by atoms with Crippen LogP contribution in [0.3, 0.4) is 0 Å². The van der Waals surface area contributed by atoms with E-state index in [9.17, 15) is 14.4 Å². The summed E-state index contributed by atoms with van der Waals surface area (Å²) in [6.45, 7) is 3.55. The fourth-order valence-electron chi connectivity index (χ4n) is 3.43. The summed E-state index contributed by atoms with van der Waals surface area (Å²) < 4.78 is 2.87. The number of carbonyl (C=O) groups excluding carboxylic acids is 3. The normalized spacial score (nSPS) is 15.0.